The molecule has 0 aromatic heterocycles. The van der Waals surface area contributed by atoms with Crippen LogP contribution in [0.3, 0.4) is 0 Å². The van der Waals surface area contributed by atoms with Gasteiger partial charge in [0.05, 0.1) is 6.10 Å². The van der Waals surface area contributed by atoms with Crippen molar-refractivity contribution in [3.8, 4) is 0 Å². The van der Waals surface area contributed by atoms with Crippen LogP contribution in [0, 0.1) is 5.41 Å². The molecule has 2 saturated heterocycles. The average molecular weight is 286 g/mol. The first kappa shape index (κ1) is 15.6. The van der Waals surface area contributed by atoms with E-state index in [-0.39, 0.29) is 5.54 Å². The van der Waals surface area contributed by atoms with Gasteiger partial charge in [0.2, 0.25) is 0 Å². The summed E-state index contributed by atoms with van der Waals surface area (Å²) in [6.07, 6.45) is 4.05. The fraction of sp³-hybridized carbons (Fsp3) is 1.00. The number of hydrogen-bond acceptors (Lipinski definition) is 4. The minimum absolute atomic E-state index is 0.226. The Morgan fingerprint density at radius 2 is 1.95 bits per heavy atom. The van der Waals surface area contributed by atoms with E-state index in [0.717, 1.165) is 26.2 Å². The zero-order chi connectivity index (χ0) is 13.9. The molecular weight excluding hydrogens is 256 g/mol. The molecule has 0 amide bonds. The van der Waals surface area contributed by atoms with Crippen molar-refractivity contribution in [2.75, 3.05) is 37.7 Å². The highest BCUT2D eigenvalue weighted by atomic mass is 32.2. The topological polar surface area (TPSA) is 38.5 Å². The molecule has 112 valence electrons. The minimum atomic E-state index is 0.226. The lowest BCUT2D eigenvalue weighted by molar-refractivity contribution is -0.0230. The highest BCUT2D eigenvalue weighted by Gasteiger charge is 2.44. The number of ether oxygens (including phenoxy) is 1. The van der Waals surface area contributed by atoms with Crippen molar-refractivity contribution in [3.05, 3.63) is 0 Å². The summed E-state index contributed by atoms with van der Waals surface area (Å²) in [7, 11) is 0. The lowest BCUT2D eigenvalue weighted by atomic mass is 9.78. The molecule has 2 heterocycles. The van der Waals surface area contributed by atoms with Gasteiger partial charge in [-0.05, 0) is 37.4 Å². The Labute approximate surface area is 122 Å². The first-order chi connectivity index (χ1) is 9.01. The average Bonchev–Trinajstić information content (AvgIpc) is 2.38. The summed E-state index contributed by atoms with van der Waals surface area (Å²) < 4.78 is 5.76. The molecule has 0 saturated carbocycles. The van der Waals surface area contributed by atoms with Gasteiger partial charge in [-0.15, -0.1) is 0 Å². The second-order valence-corrected chi connectivity index (χ2v) is 7.89. The van der Waals surface area contributed by atoms with Gasteiger partial charge >= 0.3 is 0 Å². The molecule has 0 aromatic carbocycles. The van der Waals surface area contributed by atoms with E-state index in [4.69, 9.17) is 10.5 Å². The van der Waals surface area contributed by atoms with Crippen LogP contribution in [0.5, 0.6) is 0 Å². The number of piperidine rings is 1. The Balaban J connectivity index is 1.98. The highest BCUT2D eigenvalue weighted by Crippen LogP contribution is 2.42. The maximum atomic E-state index is 6.20. The molecule has 0 radical (unpaired) electrons. The molecule has 0 bridgehead atoms. The van der Waals surface area contributed by atoms with E-state index >= 15 is 0 Å². The van der Waals surface area contributed by atoms with Crippen molar-refractivity contribution >= 4 is 11.8 Å². The van der Waals surface area contributed by atoms with Crippen molar-refractivity contribution < 1.29 is 4.74 Å². The normalized spacial score (nSPS) is 33.5. The van der Waals surface area contributed by atoms with Gasteiger partial charge in [-0.2, -0.15) is 11.8 Å². The van der Waals surface area contributed by atoms with E-state index in [1.165, 1.54) is 30.8 Å². The molecule has 2 N–H and O–H groups in total. The van der Waals surface area contributed by atoms with Crippen molar-refractivity contribution in [2.24, 2.45) is 11.1 Å². The van der Waals surface area contributed by atoms with Crippen molar-refractivity contribution in [1.29, 1.82) is 0 Å². The Morgan fingerprint density at radius 1 is 1.26 bits per heavy atom. The van der Waals surface area contributed by atoms with Crippen molar-refractivity contribution in [2.45, 2.75) is 51.7 Å². The predicted octanol–water partition coefficient (Wildman–Crippen LogP) is 2.35. The Bertz CT molecular complexity index is 290. The molecule has 2 rings (SSSR count). The molecule has 3 nitrogen and oxygen atoms in total. The van der Waals surface area contributed by atoms with Crippen LogP contribution in [0.1, 0.15) is 40.0 Å². The Morgan fingerprint density at radius 3 is 2.47 bits per heavy atom. The third kappa shape index (κ3) is 3.66. The lowest BCUT2D eigenvalue weighted by Crippen LogP contribution is -2.62. The fourth-order valence-corrected chi connectivity index (χ4v) is 5.25. The monoisotopic (exact) mass is 286 g/mol. The van der Waals surface area contributed by atoms with Crippen LogP contribution >= 0.6 is 11.8 Å². The summed E-state index contributed by atoms with van der Waals surface area (Å²) in [4.78, 5) is 2.66. The molecule has 0 aliphatic carbocycles. The van der Waals surface area contributed by atoms with Crippen molar-refractivity contribution in [1.82, 2.24) is 4.90 Å². The smallest absolute Gasteiger partial charge is 0.0599 e. The number of hydrogen-bond donors (Lipinski definition) is 1. The van der Waals surface area contributed by atoms with Gasteiger partial charge in [-0.1, -0.05) is 13.8 Å². The molecule has 2 fully saturated rings. The first-order valence-electron chi connectivity index (χ1n) is 7.66. The van der Waals surface area contributed by atoms with E-state index in [2.05, 4.69) is 37.4 Å². The zero-order valence-electron chi connectivity index (χ0n) is 12.8. The van der Waals surface area contributed by atoms with Crippen molar-refractivity contribution in [3.63, 3.8) is 0 Å². The molecular formula is C15H30N2OS. The minimum Gasteiger partial charge on any atom is -0.378 e. The van der Waals surface area contributed by atoms with Gasteiger partial charge < -0.3 is 10.5 Å². The van der Waals surface area contributed by atoms with Crippen LogP contribution in [0.4, 0.5) is 0 Å². The standard InChI is InChI=1S/C15H30N2OS/c1-4-18-13-5-7-17(8-6-13)15(10-16)9-14(2,3)11-19-12-15/h13H,4-12,16H2,1-3H3. The summed E-state index contributed by atoms with van der Waals surface area (Å²) in [5.41, 5.74) is 6.84. The Kier molecular flexibility index (Phi) is 5.21. The van der Waals surface area contributed by atoms with Crippen LogP contribution in [-0.2, 0) is 4.74 Å². The van der Waals surface area contributed by atoms with Gasteiger partial charge in [0, 0.05) is 37.5 Å². The van der Waals surface area contributed by atoms with E-state index in [0.29, 0.717) is 11.5 Å². The number of nitrogens with zero attached hydrogens (tertiary/aromatic N) is 1. The molecule has 4 heteroatoms. The highest BCUT2D eigenvalue weighted by molar-refractivity contribution is 7.99. The number of nitrogens with two attached hydrogens (primary N) is 1. The second kappa shape index (κ2) is 6.33. The Hall–Kier alpha value is 0.230. The van der Waals surface area contributed by atoms with Crippen LogP contribution in [0.2, 0.25) is 0 Å². The molecule has 0 aromatic rings. The molecule has 1 atom stereocenters. The second-order valence-electron chi connectivity index (χ2n) is 6.90. The van der Waals surface area contributed by atoms with Gasteiger partial charge in [0.15, 0.2) is 0 Å². The van der Waals surface area contributed by atoms with Gasteiger partial charge in [0.25, 0.3) is 0 Å². The summed E-state index contributed by atoms with van der Waals surface area (Å²) in [5.74, 6) is 2.47. The maximum Gasteiger partial charge on any atom is 0.0599 e. The molecule has 2 aliphatic heterocycles. The molecule has 2 aliphatic rings. The van der Waals surface area contributed by atoms with E-state index in [1.807, 2.05) is 0 Å². The van der Waals surface area contributed by atoms with Crippen LogP contribution < -0.4 is 5.73 Å². The quantitative estimate of drug-likeness (QED) is 0.861. The number of likely N-dealkylation sites (tertiary alicyclic amines) is 1. The van der Waals surface area contributed by atoms with Gasteiger partial charge in [-0.25, -0.2) is 0 Å². The summed E-state index contributed by atoms with van der Waals surface area (Å²) in [6.45, 7) is 10.8. The predicted molar refractivity (Wildman–Crippen MR) is 83.7 cm³/mol. The first-order valence-corrected chi connectivity index (χ1v) is 8.81. The number of rotatable bonds is 4. The van der Waals surface area contributed by atoms with E-state index in [9.17, 15) is 0 Å². The van der Waals surface area contributed by atoms with Crippen LogP contribution in [0.25, 0.3) is 0 Å². The largest absolute Gasteiger partial charge is 0.378 e. The summed E-state index contributed by atoms with van der Waals surface area (Å²) >= 11 is 2.09. The van der Waals surface area contributed by atoms with Gasteiger partial charge in [0.1, 0.15) is 0 Å². The SMILES string of the molecule is CCOC1CCN(C2(CN)CSCC(C)(C)C2)CC1. The zero-order valence-corrected chi connectivity index (χ0v) is 13.6. The van der Waals surface area contributed by atoms with Crippen LogP contribution in [-0.4, -0.2) is 54.3 Å². The third-order valence-corrected chi connectivity index (χ3v) is 6.29. The lowest BCUT2D eigenvalue weighted by Gasteiger charge is -2.52. The third-order valence-electron chi connectivity index (χ3n) is 4.57. The molecule has 19 heavy (non-hydrogen) atoms. The maximum absolute atomic E-state index is 6.20. The number of thioether (sulfide) groups is 1. The summed E-state index contributed by atoms with van der Waals surface area (Å²) in [5, 5.41) is 0. The van der Waals surface area contributed by atoms with Gasteiger partial charge in [-0.3, -0.25) is 4.90 Å². The molecule has 1 unspecified atom stereocenters. The van der Waals surface area contributed by atoms with Crippen LogP contribution in [0.15, 0.2) is 0 Å². The van der Waals surface area contributed by atoms with E-state index < -0.39 is 0 Å². The summed E-state index contributed by atoms with van der Waals surface area (Å²) in [6, 6.07) is 0. The fourth-order valence-electron chi connectivity index (χ4n) is 3.71. The molecule has 0 spiro atoms. The van der Waals surface area contributed by atoms with E-state index in [1.54, 1.807) is 0 Å².